The molecule has 3 aromatic rings. The first-order valence-corrected chi connectivity index (χ1v) is 12.7. The zero-order chi connectivity index (χ0) is 30.6. The fourth-order valence-electron chi connectivity index (χ4n) is 3.49. The summed E-state index contributed by atoms with van der Waals surface area (Å²) in [6, 6.07) is 19.0. The third-order valence-corrected chi connectivity index (χ3v) is 5.66. The van der Waals surface area contributed by atoms with Gasteiger partial charge < -0.3 is 26.1 Å². The first kappa shape index (κ1) is 33.8. The first-order valence-electron chi connectivity index (χ1n) is 12.7. The van der Waals surface area contributed by atoms with Gasteiger partial charge in [-0.05, 0) is 47.3 Å². The number of nitrogens with two attached hydrogens (primary N) is 1. The van der Waals surface area contributed by atoms with E-state index in [-0.39, 0.29) is 11.7 Å². The fraction of sp³-hybridized carbons (Fsp3) is 0.188. The Morgan fingerprint density at radius 1 is 1.17 bits per heavy atom. The zero-order valence-electron chi connectivity index (χ0n) is 24.0. The molecule has 2 aromatic carbocycles. The van der Waals surface area contributed by atoms with Crippen LogP contribution in [0.4, 0.5) is 15.9 Å². The summed E-state index contributed by atoms with van der Waals surface area (Å²) in [5.41, 5.74) is 10.8. The zero-order valence-corrected chi connectivity index (χ0v) is 24.0. The summed E-state index contributed by atoms with van der Waals surface area (Å²) in [6.45, 7) is 8.53. The summed E-state index contributed by atoms with van der Waals surface area (Å²) in [7, 11) is 5.57. The maximum Gasteiger partial charge on any atom is 0.153 e. The van der Waals surface area contributed by atoms with E-state index in [9.17, 15) is 4.39 Å². The number of nitrogens with zero attached hydrogens (tertiary/aromatic N) is 4. The van der Waals surface area contributed by atoms with Crippen molar-refractivity contribution in [2.24, 2.45) is 10.7 Å². The van der Waals surface area contributed by atoms with Gasteiger partial charge in [-0.1, -0.05) is 56.0 Å². The van der Waals surface area contributed by atoms with Crippen molar-refractivity contribution >= 4 is 24.5 Å². The highest BCUT2D eigenvalue weighted by atomic mass is 19.1. The molecule has 9 heteroatoms. The molecule has 0 aliphatic rings. The van der Waals surface area contributed by atoms with Crippen LogP contribution in [0.2, 0.25) is 0 Å². The van der Waals surface area contributed by atoms with Gasteiger partial charge in [-0.2, -0.15) is 5.26 Å². The number of aromatic nitrogens is 1. The molecular formula is C32H38FN7O. The third kappa shape index (κ3) is 11.6. The van der Waals surface area contributed by atoms with E-state index in [0.717, 1.165) is 34.7 Å². The van der Waals surface area contributed by atoms with Crippen molar-refractivity contribution in [2.75, 3.05) is 31.4 Å². The van der Waals surface area contributed by atoms with Gasteiger partial charge in [0.1, 0.15) is 18.7 Å². The smallest absolute Gasteiger partial charge is 0.153 e. The lowest BCUT2D eigenvalue weighted by Crippen LogP contribution is -2.12. The average Bonchev–Trinajstić information content (AvgIpc) is 3.00. The molecule has 8 nitrogen and oxygen atoms in total. The molecular weight excluding hydrogens is 517 g/mol. The van der Waals surface area contributed by atoms with Crippen LogP contribution in [0.25, 0.3) is 11.1 Å². The number of pyridine rings is 1. The summed E-state index contributed by atoms with van der Waals surface area (Å²) in [5.74, 6) is 0.790. The summed E-state index contributed by atoms with van der Waals surface area (Å²) >= 11 is 0. The maximum absolute atomic E-state index is 13.0. The summed E-state index contributed by atoms with van der Waals surface area (Å²) in [4.78, 5) is 18.1. The van der Waals surface area contributed by atoms with Crippen LogP contribution in [0.3, 0.4) is 0 Å². The minimum absolute atomic E-state index is 0.209. The molecule has 0 aliphatic carbocycles. The second-order valence-corrected chi connectivity index (χ2v) is 8.73. The molecule has 4 N–H and O–H groups in total. The largest absolute Gasteiger partial charge is 0.403 e. The number of aliphatic imine (C=N–C) groups is 1. The van der Waals surface area contributed by atoms with Gasteiger partial charge in [-0.3, -0.25) is 4.99 Å². The van der Waals surface area contributed by atoms with Gasteiger partial charge in [0.05, 0.1) is 11.3 Å². The Morgan fingerprint density at radius 3 is 2.34 bits per heavy atom. The van der Waals surface area contributed by atoms with Crippen molar-refractivity contribution in [1.29, 1.82) is 5.26 Å². The highest BCUT2D eigenvalue weighted by Gasteiger charge is 2.08. The molecule has 214 valence electrons. The van der Waals surface area contributed by atoms with Crippen LogP contribution < -0.4 is 21.3 Å². The number of allylic oxidation sites excluding steroid dienone is 2. The summed E-state index contributed by atoms with van der Waals surface area (Å²) in [6.07, 6.45) is 10.2. The van der Waals surface area contributed by atoms with Crippen LogP contribution in [-0.2, 0) is 11.3 Å². The highest BCUT2D eigenvalue weighted by molar-refractivity contribution is 5.83. The van der Waals surface area contributed by atoms with E-state index in [0.29, 0.717) is 5.57 Å². The molecule has 0 saturated carbocycles. The minimum Gasteiger partial charge on any atom is -0.403 e. The van der Waals surface area contributed by atoms with Gasteiger partial charge in [0.15, 0.2) is 5.82 Å². The Morgan fingerprint density at radius 2 is 1.83 bits per heavy atom. The molecule has 0 aliphatic heterocycles. The van der Waals surface area contributed by atoms with Crippen LogP contribution in [-0.4, -0.2) is 39.1 Å². The van der Waals surface area contributed by atoms with Crippen molar-refractivity contribution in [3.05, 3.63) is 115 Å². The van der Waals surface area contributed by atoms with E-state index in [1.165, 1.54) is 30.1 Å². The van der Waals surface area contributed by atoms with Crippen molar-refractivity contribution in [2.45, 2.75) is 19.4 Å². The molecule has 1 atom stereocenters. The second kappa shape index (κ2) is 18.9. The first-order chi connectivity index (χ1) is 19.8. The molecule has 0 radical (unpaired) electrons. The predicted molar refractivity (Wildman–Crippen MR) is 168 cm³/mol. The molecule has 0 spiro atoms. The Bertz CT molecular complexity index is 1340. The van der Waals surface area contributed by atoms with E-state index < -0.39 is 0 Å². The number of anilines is 2. The molecule has 0 saturated heterocycles. The van der Waals surface area contributed by atoms with Gasteiger partial charge in [-0.25, -0.2) is 9.37 Å². The molecule has 0 unspecified atom stereocenters. The third-order valence-electron chi connectivity index (χ3n) is 5.66. The Labute approximate surface area is 242 Å². The number of halogens is 1. The van der Waals surface area contributed by atoms with Crippen LogP contribution in [0.1, 0.15) is 24.0 Å². The van der Waals surface area contributed by atoms with E-state index in [1.807, 2.05) is 56.4 Å². The SMILES string of the molecule is C=CNc1ncc(-c2ccc(CN/C=C\[C@@H](C)c3ccc(F)cc3)cc2)cc1N(C)C.C=O.CN=C/C(C#N)=C\N. The van der Waals surface area contributed by atoms with Crippen molar-refractivity contribution in [3.63, 3.8) is 0 Å². The minimum atomic E-state index is -0.209. The lowest BCUT2D eigenvalue weighted by Gasteiger charge is -2.17. The van der Waals surface area contributed by atoms with E-state index >= 15 is 0 Å². The maximum atomic E-state index is 13.0. The van der Waals surface area contributed by atoms with Crippen LogP contribution in [0.15, 0.2) is 103 Å². The van der Waals surface area contributed by atoms with Crippen molar-refractivity contribution in [1.82, 2.24) is 10.3 Å². The van der Waals surface area contributed by atoms with E-state index in [1.54, 1.807) is 13.2 Å². The Hall–Kier alpha value is -5.23. The number of rotatable bonds is 10. The molecule has 3 rings (SSSR count). The average molecular weight is 556 g/mol. The second-order valence-electron chi connectivity index (χ2n) is 8.73. The van der Waals surface area contributed by atoms with Crippen molar-refractivity contribution < 1.29 is 9.18 Å². The number of nitriles is 1. The van der Waals surface area contributed by atoms with Crippen LogP contribution in [0.5, 0.6) is 0 Å². The Kier molecular flexibility index (Phi) is 15.6. The quantitative estimate of drug-likeness (QED) is 0.214. The topological polar surface area (TPSA) is 119 Å². The van der Waals surface area contributed by atoms with Gasteiger partial charge >= 0.3 is 0 Å². The van der Waals surface area contributed by atoms with Crippen molar-refractivity contribution in [3.8, 4) is 17.2 Å². The van der Waals surface area contributed by atoms with E-state index in [4.69, 9.17) is 15.8 Å². The molecule has 0 amide bonds. The van der Waals surface area contributed by atoms with Gasteiger partial charge in [-0.15, -0.1) is 0 Å². The van der Waals surface area contributed by atoms with Crippen LogP contribution in [0, 0.1) is 17.1 Å². The highest BCUT2D eigenvalue weighted by Crippen LogP contribution is 2.28. The summed E-state index contributed by atoms with van der Waals surface area (Å²) in [5, 5.41) is 14.6. The monoisotopic (exact) mass is 555 g/mol. The van der Waals surface area contributed by atoms with Gasteiger partial charge in [0, 0.05) is 57.8 Å². The number of nitrogens with one attached hydrogen (secondary N) is 2. The number of benzene rings is 2. The predicted octanol–water partition coefficient (Wildman–Crippen LogP) is 5.78. The number of carbonyl (C=O) groups is 1. The number of hydrogen-bond donors (Lipinski definition) is 3. The fourth-order valence-corrected chi connectivity index (χ4v) is 3.49. The molecule has 0 fully saturated rings. The van der Waals surface area contributed by atoms with Crippen LogP contribution >= 0.6 is 0 Å². The molecule has 0 bridgehead atoms. The van der Waals surface area contributed by atoms with Gasteiger partial charge in [0.2, 0.25) is 0 Å². The Balaban J connectivity index is 0.000000725. The molecule has 1 aromatic heterocycles. The number of carbonyl (C=O) groups excluding carboxylic acids is 1. The normalized spacial score (nSPS) is 11.4. The standard InChI is InChI=1S/C26H29FN4.C5H7N3.CH2O/c1-5-29-26-25(31(3)4)16-23(18-30-26)22-8-6-20(7-9-22)17-28-15-14-19(2)21-10-12-24(27)13-11-21;1-8-4-5(2-6)3-7;1-2/h5-16,18-19,28H,1,17H2,2-4H3,(H,29,30);2,4H,6H2,1H3;1H2/b15-14-;5-2-,8-4?;/t19-;;/m1../s1. The lowest BCUT2D eigenvalue weighted by molar-refractivity contribution is -0.0980. The summed E-state index contributed by atoms with van der Waals surface area (Å²) < 4.78 is 13.0. The van der Waals surface area contributed by atoms with E-state index in [2.05, 4.69) is 70.5 Å². The van der Waals surface area contributed by atoms with Gasteiger partial charge in [0.25, 0.3) is 0 Å². The molecule has 41 heavy (non-hydrogen) atoms. The lowest BCUT2D eigenvalue weighted by atomic mass is 10.0. The molecule has 1 heterocycles. The number of hydrogen-bond acceptors (Lipinski definition) is 8.